The number of methoxy groups -OCH3 is 1. The molecular weight excluding hydrogens is 490 g/mol. The predicted molar refractivity (Wildman–Crippen MR) is 143 cm³/mol. The highest BCUT2D eigenvalue weighted by Crippen LogP contribution is 2.45. The summed E-state index contributed by atoms with van der Waals surface area (Å²) in [6.45, 7) is 3.15. The summed E-state index contributed by atoms with van der Waals surface area (Å²) < 4.78 is 11.2. The number of nitrogens with one attached hydrogen (secondary N) is 1. The molecule has 0 fully saturated rings. The highest BCUT2D eigenvalue weighted by Gasteiger charge is 2.42. The molecule has 0 radical (unpaired) electrons. The van der Waals surface area contributed by atoms with E-state index in [-0.39, 0.29) is 11.7 Å². The number of H-pyrrole nitrogens is 1. The number of aromatic amines is 1. The number of rotatable bonds is 9. The smallest absolute Gasteiger partial charge is 0.273 e. The highest BCUT2D eigenvalue weighted by atomic mass is 35.5. The first-order valence-corrected chi connectivity index (χ1v) is 12.6. The van der Waals surface area contributed by atoms with E-state index in [1.165, 1.54) is 6.07 Å². The van der Waals surface area contributed by atoms with E-state index in [9.17, 15) is 9.90 Å². The normalized spacial score (nSPS) is 14.6. The summed E-state index contributed by atoms with van der Waals surface area (Å²) in [5.41, 5.74) is 4.09. The molecule has 1 aromatic heterocycles. The lowest BCUT2D eigenvalue weighted by Crippen LogP contribution is -2.31. The summed E-state index contributed by atoms with van der Waals surface area (Å²) in [5.74, 6) is 1.43. The number of carbonyl (C=O) groups excluding carboxylic acids is 1. The summed E-state index contributed by atoms with van der Waals surface area (Å²) in [7, 11) is 1.64. The van der Waals surface area contributed by atoms with Gasteiger partial charge >= 0.3 is 0 Å². The van der Waals surface area contributed by atoms with E-state index in [1.807, 2.05) is 53.4 Å². The fourth-order valence-corrected chi connectivity index (χ4v) is 4.89. The molecule has 2 heterocycles. The van der Waals surface area contributed by atoms with Gasteiger partial charge in [-0.2, -0.15) is 5.10 Å². The van der Waals surface area contributed by atoms with Crippen LogP contribution in [0.1, 0.15) is 46.6 Å². The van der Waals surface area contributed by atoms with Crippen LogP contribution in [0.5, 0.6) is 17.2 Å². The molecule has 3 aromatic carbocycles. The van der Waals surface area contributed by atoms with Gasteiger partial charge in [-0.25, -0.2) is 0 Å². The Morgan fingerprint density at radius 1 is 1.08 bits per heavy atom. The fourth-order valence-electron chi connectivity index (χ4n) is 4.71. The zero-order valence-corrected chi connectivity index (χ0v) is 21.5. The molecule has 0 spiro atoms. The molecule has 7 nitrogen and oxygen atoms in total. The number of amides is 1. The molecular formula is C29H28ClN3O4. The van der Waals surface area contributed by atoms with E-state index in [0.717, 1.165) is 29.0 Å². The van der Waals surface area contributed by atoms with E-state index in [2.05, 4.69) is 17.1 Å². The number of fused-ring (bicyclic) bond motifs is 1. The monoisotopic (exact) mass is 517 g/mol. The number of ether oxygens (including phenoxy) is 2. The SMILES string of the molecule is CCCOc1cccc(C2c3c(-c4cc(Cl)ccc4O)n[nH]c3C(=O)N2CCc2ccc(OC)cc2)c1. The lowest BCUT2D eigenvalue weighted by Gasteiger charge is -2.27. The molecule has 2 N–H and O–H groups in total. The van der Waals surface area contributed by atoms with Gasteiger partial charge in [0.1, 0.15) is 28.6 Å². The van der Waals surface area contributed by atoms with E-state index < -0.39 is 6.04 Å². The van der Waals surface area contributed by atoms with Gasteiger partial charge in [0, 0.05) is 22.7 Å². The zero-order valence-electron chi connectivity index (χ0n) is 20.7. The van der Waals surface area contributed by atoms with Crippen molar-refractivity contribution >= 4 is 17.5 Å². The number of hydrogen-bond acceptors (Lipinski definition) is 5. The van der Waals surface area contributed by atoms with Gasteiger partial charge in [-0.1, -0.05) is 42.8 Å². The lowest BCUT2D eigenvalue weighted by molar-refractivity contribution is 0.0745. The second-order valence-corrected chi connectivity index (χ2v) is 9.38. The number of nitrogens with zero attached hydrogens (tertiary/aromatic N) is 2. The number of aromatic nitrogens is 2. The Bertz CT molecular complexity index is 1420. The van der Waals surface area contributed by atoms with Gasteiger partial charge in [-0.3, -0.25) is 9.89 Å². The highest BCUT2D eigenvalue weighted by molar-refractivity contribution is 6.31. The minimum Gasteiger partial charge on any atom is -0.507 e. The largest absolute Gasteiger partial charge is 0.507 e. The third kappa shape index (κ3) is 4.87. The fraction of sp³-hybridized carbons (Fsp3) is 0.241. The van der Waals surface area contributed by atoms with Gasteiger partial charge in [0.15, 0.2) is 0 Å². The zero-order chi connectivity index (χ0) is 25.9. The molecule has 4 aromatic rings. The number of hydrogen-bond donors (Lipinski definition) is 2. The Hall–Kier alpha value is -3.97. The maximum absolute atomic E-state index is 13.7. The summed E-state index contributed by atoms with van der Waals surface area (Å²) >= 11 is 6.25. The minimum atomic E-state index is -0.418. The molecule has 190 valence electrons. The Labute approximate surface area is 220 Å². The summed E-state index contributed by atoms with van der Waals surface area (Å²) in [6, 6.07) is 20.0. The van der Waals surface area contributed by atoms with Crippen LogP contribution in [0, 0.1) is 0 Å². The van der Waals surface area contributed by atoms with Crippen LogP contribution in [0.4, 0.5) is 0 Å². The molecule has 37 heavy (non-hydrogen) atoms. The van der Waals surface area contributed by atoms with Crippen molar-refractivity contribution in [2.45, 2.75) is 25.8 Å². The topological polar surface area (TPSA) is 87.7 Å². The maximum atomic E-state index is 13.7. The van der Waals surface area contributed by atoms with E-state index in [4.69, 9.17) is 21.1 Å². The number of phenolic OH excluding ortho intramolecular Hbond substituents is 1. The third-order valence-electron chi connectivity index (χ3n) is 6.52. The standard InChI is InChI=1S/C29H28ClN3O4/c1-3-15-37-22-6-4-5-19(16-22)28-25-26(23-17-20(30)9-12-24(23)34)31-32-27(25)29(35)33(28)14-13-18-7-10-21(36-2)11-8-18/h4-12,16-17,28,34H,3,13-15H2,1-2H3,(H,31,32). The van der Waals surface area contributed by atoms with E-state index in [1.54, 1.807) is 19.2 Å². The van der Waals surface area contributed by atoms with Crippen LogP contribution >= 0.6 is 11.6 Å². The van der Waals surface area contributed by atoms with Crippen molar-refractivity contribution in [3.63, 3.8) is 0 Å². The summed E-state index contributed by atoms with van der Waals surface area (Å²) in [4.78, 5) is 15.5. The Balaban J connectivity index is 1.56. The average Bonchev–Trinajstić information content (AvgIpc) is 3.46. The molecule has 0 saturated heterocycles. The number of phenols is 1. The van der Waals surface area contributed by atoms with Gasteiger partial charge in [-0.15, -0.1) is 0 Å². The second-order valence-electron chi connectivity index (χ2n) is 8.94. The van der Waals surface area contributed by atoms with Crippen LogP contribution in [-0.2, 0) is 6.42 Å². The molecule has 0 bridgehead atoms. The summed E-state index contributed by atoms with van der Waals surface area (Å²) in [5, 5.41) is 18.5. The number of halogens is 1. The first-order valence-electron chi connectivity index (χ1n) is 12.2. The van der Waals surface area contributed by atoms with Crippen molar-refractivity contribution in [1.29, 1.82) is 0 Å². The van der Waals surface area contributed by atoms with Crippen LogP contribution in [0.2, 0.25) is 5.02 Å². The van der Waals surface area contributed by atoms with Crippen LogP contribution in [0.3, 0.4) is 0 Å². The molecule has 0 saturated carbocycles. The molecule has 1 amide bonds. The molecule has 1 aliphatic rings. The van der Waals surface area contributed by atoms with Gasteiger partial charge in [0.2, 0.25) is 0 Å². The Kier molecular flexibility index (Phi) is 7.06. The summed E-state index contributed by atoms with van der Waals surface area (Å²) in [6.07, 6.45) is 1.55. The molecule has 8 heteroatoms. The molecule has 1 atom stereocenters. The van der Waals surface area contributed by atoms with Crippen LogP contribution in [0.25, 0.3) is 11.3 Å². The lowest BCUT2D eigenvalue weighted by atomic mass is 9.95. The number of aromatic hydroxyl groups is 1. The first-order chi connectivity index (χ1) is 18.0. The van der Waals surface area contributed by atoms with Gasteiger partial charge in [0.25, 0.3) is 5.91 Å². The minimum absolute atomic E-state index is 0.0432. The predicted octanol–water partition coefficient (Wildman–Crippen LogP) is 6.02. The van der Waals surface area contributed by atoms with Crippen molar-refractivity contribution in [3.05, 3.63) is 94.1 Å². The molecule has 5 rings (SSSR count). The van der Waals surface area contributed by atoms with Crippen molar-refractivity contribution in [3.8, 4) is 28.5 Å². The molecule has 1 unspecified atom stereocenters. The second kappa shape index (κ2) is 10.6. The molecule has 0 aliphatic carbocycles. The van der Waals surface area contributed by atoms with Gasteiger partial charge < -0.3 is 19.5 Å². The average molecular weight is 518 g/mol. The van der Waals surface area contributed by atoms with Crippen LogP contribution in [0.15, 0.2) is 66.7 Å². The van der Waals surface area contributed by atoms with Gasteiger partial charge in [-0.05, 0) is 66.4 Å². The number of carbonyl (C=O) groups is 1. The number of benzene rings is 3. The van der Waals surface area contributed by atoms with Crippen LogP contribution in [-0.4, -0.2) is 46.4 Å². The quantitative estimate of drug-likeness (QED) is 0.283. The van der Waals surface area contributed by atoms with E-state index in [0.29, 0.717) is 47.1 Å². The van der Waals surface area contributed by atoms with Crippen molar-refractivity contribution in [1.82, 2.24) is 15.1 Å². The van der Waals surface area contributed by atoms with Crippen molar-refractivity contribution < 1.29 is 19.4 Å². The van der Waals surface area contributed by atoms with E-state index >= 15 is 0 Å². The molecule has 1 aliphatic heterocycles. The maximum Gasteiger partial charge on any atom is 0.273 e. The Morgan fingerprint density at radius 3 is 2.65 bits per heavy atom. The van der Waals surface area contributed by atoms with Crippen molar-refractivity contribution in [2.24, 2.45) is 0 Å². The Morgan fingerprint density at radius 2 is 1.89 bits per heavy atom. The van der Waals surface area contributed by atoms with Crippen molar-refractivity contribution in [2.75, 3.05) is 20.3 Å². The van der Waals surface area contributed by atoms with Gasteiger partial charge in [0.05, 0.1) is 19.8 Å². The third-order valence-corrected chi connectivity index (χ3v) is 6.76. The van der Waals surface area contributed by atoms with Crippen LogP contribution < -0.4 is 9.47 Å². The first kappa shape index (κ1) is 24.7.